The van der Waals surface area contributed by atoms with Gasteiger partial charge in [-0.2, -0.15) is 0 Å². The summed E-state index contributed by atoms with van der Waals surface area (Å²) in [6, 6.07) is 0.887. The molecular weight excluding hydrogens is 190 g/mol. The summed E-state index contributed by atoms with van der Waals surface area (Å²) >= 11 is 0. The molecule has 0 radical (unpaired) electrons. The van der Waals surface area contributed by atoms with Crippen LogP contribution in [0.25, 0.3) is 0 Å². The minimum absolute atomic E-state index is 0.0578. The largest absolute Gasteiger partial charge is 0.383 e. The first-order valence-corrected chi connectivity index (χ1v) is 5.75. The van der Waals surface area contributed by atoms with E-state index in [1.807, 2.05) is 0 Å². The van der Waals surface area contributed by atoms with Crippen molar-refractivity contribution < 1.29 is 9.47 Å². The molecule has 92 valence electrons. The molecule has 0 amide bonds. The molecule has 0 aliphatic heterocycles. The summed E-state index contributed by atoms with van der Waals surface area (Å²) in [7, 11) is 3.51. The van der Waals surface area contributed by atoms with E-state index in [1.54, 1.807) is 14.2 Å². The fraction of sp³-hybridized carbons (Fsp3) is 1.00. The molecule has 15 heavy (non-hydrogen) atoms. The van der Waals surface area contributed by atoms with Gasteiger partial charge < -0.3 is 14.8 Å². The number of ether oxygens (including phenoxy) is 2. The fourth-order valence-electron chi connectivity index (χ4n) is 1.77. The van der Waals surface area contributed by atoms with Crippen LogP contribution in [0.5, 0.6) is 0 Å². The van der Waals surface area contributed by atoms with E-state index in [1.165, 1.54) is 0 Å². The molecule has 0 unspecified atom stereocenters. The summed E-state index contributed by atoms with van der Waals surface area (Å²) in [5.74, 6) is 0. The summed E-state index contributed by atoms with van der Waals surface area (Å²) < 4.78 is 10.6. The highest BCUT2D eigenvalue weighted by Crippen LogP contribution is 2.15. The Morgan fingerprint density at radius 3 is 2.27 bits per heavy atom. The van der Waals surface area contributed by atoms with E-state index in [0.29, 0.717) is 12.1 Å². The molecule has 0 spiro atoms. The Labute approximate surface area is 94.5 Å². The van der Waals surface area contributed by atoms with Crippen LogP contribution in [0, 0.1) is 0 Å². The number of methoxy groups -OCH3 is 2. The zero-order valence-corrected chi connectivity index (χ0v) is 11.1. The fourth-order valence-corrected chi connectivity index (χ4v) is 1.77. The second kappa shape index (κ2) is 7.20. The third-order valence-electron chi connectivity index (χ3n) is 2.73. The summed E-state index contributed by atoms with van der Waals surface area (Å²) in [6.07, 6.45) is 2.09. The van der Waals surface area contributed by atoms with Crippen molar-refractivity contribution in [2.24, 2.45) is 0 Å². The van der Waals surface area contributed by atoms with Crippen molar-refractivity contribution >= 4 is 0 Å². The van der Waals surface area contributed by atoms with Gasteiger partial charge in [-0.25, -0.2) is 0 Å². The smallest absolute Gasteiger partial charge is 0.0637 e. The van der Waals surface area contributed by atoms with Crippen molar-refractivity contribution in [2.45, 2.75) is 58.2 Å². The number of nitrogens with one attached hydrogen (secondary N) is 1. The minimum Gasteiger partial charge on any atom is -0.383 e. The van der Waals surface area contributed by atoms with Gasteiger partial charge in [-0.15, -0.1) is 0 Å². The molecule has 3 nitrogen and oxygen atoms in total. The van der Waals surface area contributed by atoms with Crippen LogP contribution in [0.1, 0.15) is 40.5 Å². The number of hydrogen-bond acceptors (Lipinski definition) is 3. The Hall–Kier alpha value is -0.120. The van der Waals surface area contributed by atoms with Crippen molar-refractivity contribution in [2.75, 3.05) is 20.8 Å². The molecule has 1 N–H and O–H groups in total. The standard InChI is InChI=1S/C12H27NO2/c1-7-11(9-14-5)13-10(2)8-12(3,4)15-6/h10-11,13H,7-9H2,1-6H3/t10-,11-/m0/s1. The van der Waals surface area contributed by atoms with E-state index in [0.717, 1.165) is 19.4 Å². The van der Waals surface area contributed by atoms with Crippen LogP contribution in [0.4, 0.5) is 0 Å². The highest BCUT2D eigenvalue weighted by Gasteiger charge is 2.21. The van der Waals surface area contributed by atoms with E-state index < -0.39 is 0 Å². The molecule has 0 fully saturated rings. The summed E-state index contributed by atoms with van der Waals surface area (Å²) in [4.78, 5) is 0. The average Bonchev–Trinajstić information content (AvgIpc) is 2.16. The molecule has 0 aromatic heterocycles. The van der Waals surface area contributed by atoms with Gasteiger partial charge in [0, 0.05) is 26.3 Å². The quantitative estimate of drug-likeness (QED) is 0.676. The van der Waals surface area contributed by atoms with Crippen molar-refractivity contribution in [1.29, 1.82) is 0 Å². The molecule has 0 aromatic carbocycles. The highest BCUT2D eigenvalue weighted by molar-refractivity contribution is 4.78. The van der Waals surface area contributed by atoms with Crippen LogP contribution < -0.4 is 5.32 Å². The lowest BCUT2D eigenvalue weighted by Gasteiger charge is -2.29. The van der Waals surface area contributed by atoms with Crippen LogP contribution >= 0.6 is 0 Å². The van der Waals surface area contributed by atoms with E-state index >= 15 is 0 Å². The molecule has 0 bridgehead atoms. The molecule has 0 heterocycles. The predicted octanol–water partition coefficient (Wildman–Crippen LogP) is 2.20. The van der Waals surface area contributed by atoms with Crippen molar-refractivity contribution in [3.63, 3.8) is 0 Å². The SMILES string of the molecule is CC[C@@H](COC)N[C@@H](C)CC(C)(C)OC. The molecule has 0 rings (SSSR count). The van der Waals surface area contributed by atoms with E-state index in [4.69, 9.17) is 9.47 Å². The van der Waals surface area contributed by atoms with Crippen molar-refractivity contribution in [3.05, 3.63) is 0 Å². The van der Waals surface area contributed by atoms with Gasteiger partial charge in [0.25, 0.3) is 0 Å². The molecule has 3 heteroatoms. The summed E-state index contributed by atoms with van der Waals surface area (Å²) in [5.41, 5.74) is -0.0578. The molecular formula is C12H27NO2. The van der Waals surface area contributed by atoms with Gasteiger partial charge in [0.05, 0.1) is 12.2 Å². The Balaban J connectivity index is 3.94. The highest BCUT2D eigenvalue weighted by atomic mass is 16.5. The van der Waals surface area contributed by atoms with Crippen LogP contribution in [0.15, 0.2) is 0 Å². The third-order valence-corrected chi connectivity index (χ3v) is 2.73. The maximum absolute atomic E-state index is 5.41. The van der Waals surface area contributed by atoms with Crippen LogP contribution in [-0.2, 0) is 9.47 Å². The lowest BCUT2D eigenvalue weighted by atomic mass is 9.99. The molecule has 0 saturated heterocycles. The molecule has 0 aromatic rings. The lowest BCUT2D eigenvalue weighted by Crippen LogP contribution is -2.42. The maximum atomic E-state index is 5.41. The normalized spacial score (nSPS) is 16.4. The second-order valence-corrected chi connectivity index (χ2v) is 4.80. The van der Waals surface area contributed by atoms with Crippen molar-refractivity contribution in [1.82, 2.24) is 5.32 Å². The van der Waals surface area contributed by atoms with E-state index in [9.17, 15) is 0 Å². The minimum atomic E-state index is -0.0578. The zero-order chi connectivity index (χ0) is 11.9. The van der Waals surface area contributed by atoms with Gasteiger partial charge in [0.15, 0.2) is 0 Å². The molecule has 0 saturated carbocycles. The molecule has 0 aliphatic carbocycles. The number of rotatable bonds is 8. The predicted molar refractivity (Wildman–Crippen MR) is 64.3 cm³/mol. The van der Waals surface area contributed by atoms with Gasteiger partial charge in [-0.1, -0.05) is 6.92 Å². The Kier molecular flexibility index (Phi) is 7.14. The van der Waals surface area contributed by atoms with E-state index in [-0.39, 0.29) is 5.60 Å². The van der Waals surface area contributed by atoms with E-state index in [2.05, 4.69) is 33.0 Å². The summed E-state index contributed by atoms with van der Waals surface area (Å²) in [5, 5.41) is 3.55. The maximum Gasteiger partial charge on any atom is 0.0637 e. The number of hydrogen-bond donors (Lipinski definition) is 1. The Morgan fingerprint density at radius 1 is 1.27 bits per heavy atom. The average molecular weight is 217 g/mol. The Bertz CT molecular complexity index is 160. The first-order valence-electron chi connectivity index (χ1n) is 5.75. The van der Waals surface area contributed by atoms with Gasteiger partial charge in [-0.3, -0.25) is 0 Å². The van der Waals surface area contributed by atoms with Gasteiger partial charge in [-0.05, 0) is 33.6 Å². The van der Waals surface area contributed by atoms with Gasteiger partial charge >= 0.3 is 0 Å². The molecule has 2 atom stereocenters. The third kappa shape index (κ3) is 6.88. The van der Waals surface area contributed by atoms with Crippen LogP contribution in [0.2, 0.25) is 0 Å². The molecule has 0 aliphatic rings. The van der Waals surface area contributed by atoms with Crippen molar-refractivity contribution in [3.8, 4) is 0 Å². The van der Waals surface area contributed by atoms with Crippen LogP contribution in [-0.4, -0.2) is 38.5 Å². The lowest BCUT2D eigenvalue weighted by molar-refractivity contribution is 0.00658. The second-order valence-electron chi connectivity index (χ2n) is 4.80. The topological polar surface area (TPSA) is 30.5 Å². The van der Waals surface area contributed by atoms with Gasteiger partial charge in [0.2, 0.25) is 0 Å². The van der Waals surface area contributed by atoms with Gasteiger partial charge in [0.1, 0.15) is 0 Å². The monoisotopic (exact) mass is 217 g/mol. The van der Waals surface area contributed by atoms with Crippen LogP contribution in [0.3, 0.4) is 0 Å². The first kappa shape index (κ1) is 14.9. The first-order chi connectivity index (χ1) is 6.95. The Morgan fingerprint density at radius 2 is 1.87 bits per heavy atom. The summed E-state index contributed by atoms with van der Waals surface area (Å²) in [6.45, 7) is 9.36. The zero-order valence-electron chi connectivity index (χ0n) is 11.1.